The Kier molecular flexibility index (Phi) is 14.1. The molecule has 3 aromatic carbocycles. The number of carbonyl (C=O) groups excluding carboxylic acids is 5. The highest BCUT2D eigenvalue weighted by atomic mass is 16.2. The van der Waals surface area contributed by atoms with E-state index in [-0.39, 0.29) is 24.7 Å². The fraction of sp³-hybridized carbons (Fsp3) is 0.432. The number of rotatable bonds is 17. The number of carbonyl (C=O) groups is 5. The molecule has 1 saturated heterocycles. The molecule has 4 rings (SSSR count). The predicted molar refractivity (Wildman–Crippen MR) is 189 cm³/mol. The van der Waals surface area contributed by atoms with Crippen LogP contribution >= 0.6 is 0 Å². The number of unbranched alkanes of at least 4 members (excludes halogenated alkanes) is 1. The quantitative estimate of drug-likeness (QED) is 0.105. The first kappa shape index (κ1) is 37.0. The summed E-state index contributed by atoms with van der Waals surface area (Å²) in [6.07, 6.45) is 3.18. The lowest BCUT2D eigenvalue weighted by atomic mass is 9.97. The summed E-state index contributed by atoms with van der Waals surface area (Å²) in [6, 6.07) is 18.8. The molecule has 262 valence electrons. The normalized spacial score (nSPS) is 15.7. The Morgan fingerprint density at radius 3 is 1.96 bits per heavy atom. The summed E-state index contributed by atoms with van der Waals surface area (Å²) in [5, 5.41) is 16.4. The summed E-state index contributed by atoms with van der Waals surface area (Å²) in [5.74, 6) is -2.77. The smallest absolute Gasteiger partial charge is 0.243 e. The van der Waals surface area contributed by atoms with Gasteiger partial charge in [0.05, 0.1) is 0 Å². The molecule has 0 bridgehead atoms. The number of benzene rings is 3. The van der Waals surface area contributed by atoms with Crippen LogP contribution in [-0.2, 0) is 36.8 Å². The summed E-state index contributed by atoms with van der Waals surface area (Å²) in [6.45, 7) is 3.49. The maximum absolute atomic E-state index is 14.1. The summed E-state index contributed by atoms with van der Waals surface area (Å²) < 4.78 is 0. The highest BCUT2D eigenvalue weighted by molar-refractivity contribution is 5.96. The minimum absolute atomic E-state index is 0.125. The van der Waals surface area contributed by atoms with E-state index < -0.39 is 47.8 Å². The van der Waals surface area contributed by atoms with Crippen molar-refractivity contribution in [2.24, 2.45) is 17.4 Å². The lowest BCUT2D eigenvalue weighted by molar-refractivity contribution is -0.134. The van der Waals surface area contributed by atoms with E-state index in [1.54, 1.807) is 6.92 Å². The molecule has 0 aliphatic carbocycles. The number of amides is 5. The Bertz CT molecular complexity index is 1580. The van der Waals surface area contributed by atoms with Gasteiger partial charge in [0.25, 0.3) is 0 Å². The molecule has 12 nitrogen and oxygen atoms in total. The van der Waals surface area contributed by atoms with Crippen LogP contribution in [0.1, 0.15) is 50.2 Å². The van der Waals surface area contributed by atoms with Crippen LogP contribution in [0.15, 0.2) is 72.8 Å². The van der Waals surface area contributed by atoms with E-state index in [1.165, 1.54) is 0 Å². The Morgan fingerprint density at radius 1 is 0.714 bits per heavy atom. The molecule has 0 aromatic heterocycles. The highest BCUT2D eigenvalue weighted by Gasteiger charge is 2.31. The third-order valence-electron chi connectivity index (χ3n) is 8.87. The molecular formula is C37H49N7O5. The topological polar surface area (TPSA) is 198 Å². The number of primary amides is 1. The Morgan fingerprint density at radius 2 is 1.31 bits per heavy atom. The van der Waals surface area contributed by atoms with Crippen molar-refractivity contribution < 1.29 is 24.0 Å². The largest absolute Gasteiger partial charge is 0.368 e. The van der Waals surface area contributed by atoms with Gasteiger partial charge >= 0.3 is 0 Å². The minimum atomic E-state index is -1.09. The average Bonchev–Trinajstić information content (AvgIpc) is 3.11. The van der Waals surface area contributed by atoms with Gasteiger partial charge in [0.15, 0.2) is 0 Å². The van der Waals surface area contributed by atoms with Crippen LogP contribution in [0.25, 0.3) is 10.8 Å². The number of nitrogens with two attached hydrogens (primary N) is 2. The van der Waals surface area contributed by atoms with E-state index in [4.69, 9.17) is 11.5 Å². The molecule has 1 aliphatic rings. The molecule has 0 radical (unpaired) electrons. The average molecular weight is 672 g/mol. The Labute approximate surface area is 287 Å². The highest BCUT2D eigenvalue weighted by Crippen LogP contribution is 2.17. The van der Waals surface area contributed by atoms with Crippen molar-refractivity contribution in [3.05, 3.63) is 83.9 Å². The second kappa shape index (κ2) is 18.7. The molecule has 1 heterocycles. The van der Waals surface area contributed by atoms with Crippen LogP contribution < -0.4 is 38.1 Å². The molecule has 0 spiro atoms. The molecule has 49 heavy (non-hydrogen) atoms. The van der Waals surface area contributed by atoms with Crippen LogP contribution in [0.3, 0.4) is 0 Å². The van der Waals surface area contributed by atoms with Gasteiger partial charge in [-0.05, 0) is 80.6 Å². The summed E-state index contributed by atoms with van der Waals surface area (Å²) in [5.41, 5.74) is 12.8. The van der Waals surface area contributed by atoms with Gasteiger partial charge in [0.1, 0.15) is 24.2 Å². The van der Waals surface area contributed by atoms with E-state index in [0.29, 0.717) is 38.6 Å². The van der Waals surface area contributed by atoms with E-state index in [0.717, 1.165) is 35.0 Å². The lowest BCUT2D eigenvalue weighted by Gasteiger charge is -2.27. The van der Waals surface area contributed by atoms with Crippen molar-refractivity contribution in [3.8, 4) is 0 Å². The van der Waals surface area contributed by atoms with Gasteiger partial charge in [-0.3, -0.25) is 24.0 Å². The first-order chi connectivity index (χ1) is 23.6. The van der Waals surface area contributed by atoms with Crippen LogP contribution in [0, 0.1) is 5.92 Å². The zero-order chi connectivity index (χ0) is 35.2. The van der Waals surface area contributed by atoms with Gasteiger partial charge in [-0.15, -0.1) is 0 Å². The van der Waals surface area contributed by atoms with Crippen molar-refractivity contribution in [1.29, 1.82) is 0 Å². The van der Waals surface area contributed by atoms with Crippen molar-refractivity contribution in [1.82, 2.24) is 26.6 Å². The summed E-state index contributed by atoms with van der Waals surface area (Å²) in [7, 11) is 0. The molecule has 4 atom stereocenters. The molecule has 9 N–H and O–H groups in total. The lowest BCUT2D eigenvalue weighted by Crippen LogP contribution is -2.59. The number of nitrogens with one attached hydrogen (secondary N) is 5. The first-order valence-corrected chi connectivity index (χ1v) is 17.1. The zero-order valence-electron chi connectivity index (χ0n) is 28.1. The molecular weight excluding hydrogens is 622 g/mol. The monoisotopic (exact) mass is 671 g/mol. The van der Waals surface area contributed by atoms with Crippen molar-refractivity contribution in [3.63, 3.8) is 0 Å². The fourth-order valence-corrected chi connectivity index (χ4v) is 5.97. The van der Waals surface area contributed by atoms with E-state index in [1.807, 2.05) is 72.8 Å². The Hall–Kier alpha value is -4.81. The molecule has 12 heteroatoms. The third kappa shape index (κ3) is 11.4. The first-order valence-electron chi connectivity index (χ1n) is 17.1. The number of hydrogen-bond donors (Lipinski definition) is 7. The summed E-state index contributed by atoms with van der Waals surface area (Å²) in [4.78, 5) is 66.3. The van der Waals surface area contributed by atoms with Gasteiger partial charge in [-0.25, -0.2) is 0 Å². The standard InChI is InChI=1S/C37H49N7O5/c1-24(41-35(47)28-16-19-40-20-17-28)34(46)43-32(23-26-14-15-27-11-5-6-12-29(27)21-26)37(49)44-31(22-25-9-3-2-4-10-25)36(48)42-30(33(39)45)13-7-8-18-38/h2-6,9-12,14-15,21,24,28,30-32,40H,7-8,13,16-20,22-23,38H2,1H3,(H2,39,45)(H,41,47)(H,42,48)(H,43,46)(H,44,49)/t24-,30-,31-,32+/m0/s1. The fourth-order valence-electron chi connectivity index (χ4n) is 5.97. The third-order valence-corrected chi connectivity index (χ3v) is 8.87. The van der Waals surface area contributed by atoms with Gasteiger partial charge in [-0.2, -0.15) is 0 Å². The number of piperidine rings is 1. The molecule has 0 saturated carbocycles. The molecule has 5 amide bonds. The molecule has 3 aromatic rings. The molecule has 0 unspecified atom stereocenters. The predicted octanol–water partition coefficient (Wildman–Crippen LogP) is 1.20. The van der Waals surface area contributed by atoms with Gasteiger partial charge in [-0.1, -0.05) is 72.8 Å². The number of hydrogen-bond acceptors (Lipinski definition) is 7. The van der Waals surface area contributed by atoms with Crippen LogP contribution in [-0.4, -0.2) is 73.3 Å². The Balaban J connectivity index is 1.55. The SMILES string of the molecule is C[C@H](NC(=O)C1CCNCC1)C(=O)N[C@H](Cc1ccc2ccccc2c1)C(=O)N[C@@H](Cc1ccccc1)C(=O)N[C@@H](CCCCN)C(N)=O. The van der Waals surface area contributed by atoms with Crippen LogP contribution in [0.2, 0.25) is 0 Å². The van der Waals surface area contributed by atoms with E-state index in [9.17, 15) is 24.0 Å². The second-order valence-electron chi connectivity index (χ2n) is 12.7. The van der Waals surface area contributed by atoms with E-state index in [2.05, 4.69) is 26.6 Å². The van der Waals surface area contributed by atoms with Gasteiger partial charge < -0.3 is 38.1 Å². The zero-order valence-corrected chi connectivity index (χ0v) is 28.1. The van der Waals surface area contributed by atoms with Gasteiger partial charge in [0, 0.05) is 18.8 Å². The maximum atomic E-state index is 14.1. The van der Waals surface area contributed by atoms with Crippen LogP contribution in [0.5, 0.6) is 0 Å². The maximum Gasteiger partial charge on any atom is 0.243 e. The van der Waals surface area contributed by atoms with E-state index >= 15 is 0 Å². The number of fused-ring (bicyclic) bond motifs is 1. The minimum Gasteiger partial charge on any atom is -0.368 e. The van der Waals surface area contributed by atoms with Crippen LogP contribution in [0.4, 0.5) is 0 Å². The van der Waals surface area contributed by atoms with Crippen molar-refractivity contribution in [2.45, 2.75) is 76.0 Å². The van der Waals surface area contributed by atoms with Gasteiger partial charge in [0.2, 0.25) is 29.5 Å². The molecule has 1 fully saturated rings. The second-order valence-corrected chi connectivity index (χ2v) is 12.7. The van der Waals surface area contributed by atoms with Crippen molar-refractivity contribution >= 4 is 40.3 Å². The van der Waals surface area contributed by atoms with Crippen molar-refractivity contribution in [2.75, 3.05) is 19.6 Å². The summed E-state index contributed by atoms with van der Waals surface area (Å²) >= 11 is 0. The molecule has 1 aliphatic heterocycles.